The number of nitrogens with two attached hydrogens (primary N) is 1. The van der Waals surface area contributed by atoms with E-state index in [1.165, 1.54) is 6.20 Å². The highest BCUT2D eigenvalue weighted by atomic mass is 16.3. The third-order valence-corrected chi connectivity index (χ3v) is 1.91. The van der Waals surface area contributed by atoms with Crippen molar-refractivity contribution in [2.75, 3.05) is 24.2 Å². The molecule has 1 unspecified atom stereocenters. The Balaban J connectivity index is 2.99. The van der Waals surface area contributed by atoms with Gasteiger partial charge in [0.1, 0.15) is 11.9 Å². The number of hydrogen-bond donors (Lipinski definition) is 2. The van der Waals surface area contributed by atoms with Crippen LogP contribution in [0.15, 0.2) is 12.3 Å². The molecule has 5 heteroatoms. The lowest BCUT2D eigenvalue weighted by Gasteiger charge is -2.20. The first kappa shape index (κ1) is 11.3. The van der Waals surface area contributed by atoms with Gasteiger partial charge in [-0.3, -0.25) is 0 Å². The first-order valence-electron chi connectivity index (χ1n) is 4.59. The second kappa shape index (κ2) is 4.62. The molecule has 0 radical (unpaired) electrons. The molecule has 1 aromatic rings. The fourth-order valence-electron chi connectivity index (χ4n) is 1.34. The van der Waals surface area contributed by atoms with Crippen LogP contribution in [-0.2, 0) is 0 Å². The Morgan fingerprint density at radius 1 is 1.73 bits per heavy atom. The number of hydrogen-bond acceptors (Lipinski definition) is 5. The van der Waals surface area contributed by atoms with E-state index in [2.05, 4.69) is 4.98 Å². The molecule has 3 N–H and O–H groups in total. The second-order valence-electron chi connectivity index (χ2n) is 3.48. The molecule has 0 aliphatic rings. The molecule has 80 valence electrons. The average Bonchev–Trinajstić information content (AvgIpc) is 2.16. The molecule has 1 aromatic heterocycles. The number of pyridine rings is 1. The van der Waals surface area contributed by atoms with Gasteiger partial charge in [0.25, 0.3) is 0 Å². The predicted molar refractivity (Wildman–Crippen MR) is 58.3 cm³/mol. The molecule has 0 amide bonds. The summed E-state index contributed by atoms with van der Waals surface area (Å²) in [7, 11) is 1.77. The lowest BCUT2D eigenvalue weighted by molar-refractivity contribution is 0.201. The van der Waals surface area contributed by atoms with Gasteiger partial charge in [0.15, 0.2) is 0 Å². The maximum atomic E-state index is 9.23. The number of aliphatic hydroxyl groups is 1. The minimum Gasteiger partial charge on any atom is -0.397 e. The van der Waals surface area contributed by atoms with E-state index in [0.29, 0.717) is 23.6 Å². The minimum atomic E-state index is -0.471. The van der Waals surface area contributed by atoms with Gasteiger partial charge in [-0.2, -0.15) is 5.26 Å². The molecule has 5 nitrogen and oxygen atoms in total. The fourth-order valence-corrected chi connectivity index (χ4v) is 1.34. The number of aromatic nitrogens is 1. The van der Waals surface area contributed by atoms with Crippen molar-refractivity contribution in [1.82, 2.24) is 4.98 Å². The van der Waals surface area contributed by atoms with Crippen molar-refractivity contribution < 1.29 is 5.11 Å². The normalized spacial score (nSPS) is 11.9. The van der Waals surface area contributed by atoms with Crippen LogP contribution in [0.25, 0.3) is 0 Å². The lowest BCUT2D eigenvalue weighted by atomic mass is 10.2. The highest BCUT2D eigenvalue weighted by Gasteiger charge is 2.10. The number of rotatable bonds is 3. The van der Waals surface area contributed by atoms with E-state index in [9.17, 15) is 5.11 Å². The van der Waals surface area contributed by atoms with Crippen molar-refractivity contribution in [2.24, 2.45) is 0 Å². The van der Waals surface area contributed by atoms with Crippen LogP contribution >= 0.6 is 0 Å². The van der Waals surface area contributed by atoms with Gasteiger partial charge >= 0.3 is 0 Å². The second-order valence-corrected chi connectivity index (χ2v) is 3.48. The molecule has 0 aliphatic heterocycles. The van der Waals surface area contributed by atoms with Gasteiger partial charge in [0.2, 0.25) is 0 Å². The van der Waals surface area contributed by atoms with E-state index < -0.39 is 6.10 Å². The summed E-state index contributed by atoms with van der Waals surface area (Å²) in [6.45, 7) is 2.10. The van der Waals surface area contributed by atoms with Gasteiger partial charge in [-0.05, 0) is 13.0 Å². The zero-order valence-electron chi connectivity index (χ0n) is 8.81. The van der Waals surface area contributed by atoms with Crippen molar-refractivity contribution in [3.8, 4) is 6.07 Å². The largest absolute Gasteiger partial charge is 0.397 e. The number of nitriles is 1. The monoisotopic (exact) mass is 206 g/mol. The third-order valence-electron chi connectivity index (χ3n) is 1.91. The Morgan fingerprint density at radius 2 is 2.40 bits per heavy atom. The maximum Gasteiger partial charge on any atom is 0.146 e. The number of likely N-dealkylation sites (N-methyl/N-ethyl adjacent to an activating group) is 1. The summed E-state index contributed by atoms with van der Waals surface area (Å²) < 4.78 is 0. The van der Waals surface area contributed by atoms with Crippen molar-refractivity contribution in [3.63, 3.8) is 0 Å². The van der Waals surface area contributed by atoms with Crippen LogP contribution in [0.4, 0.5) is 11.5 Å². The standard InChI is InChI=1S/C10H14N4O/c1-7(15)6-14(2)10-8(4-11)3-9(12)5-13-10/h3,5,7,15H,6,12H2,1-2H3. The molecule has 0 spiro atoms. The highest BCUT2D eigenvalue weighted by Crippen LogP contribution is 2.17. The topological polar surface area (TPSA) is 86.2 Å². The molecule has 1 atom stereocenters. The molecule has 0 saturated heterocycles. The summed E-state index contributed by atoms with van der Waals surface area (Å²) in [5, 5.41) is 18.1. The zero-order valence-corrected chi connectivity index (χ0v) is 8.81. The quantitative estimate of drug-likeness (QED) is 0.745. The Kier molecular flexibility index (Phi) is 3.47. The Hall–Kier alpha value is -1.80. The van der Waals surface area contributed by atoms with Gasteiger partial charge in [0.05, 0.1) is 23.6 Å². The molecule has 1 rings (SSSR count). The minimum absolute atomic E-state index is 0.415. The number of nitrogens with zero attached hydrogens (tertiary/aromatic N) is 3. The number of nitrogen functional groups attached to an aromatic ring is 1. The van der Waals surface area contributed by atoms with Gasteiger partial charge < -0.3 is 15.7 Å². The average molecular weight is 206 g/mol. The van der Waals surface area contributed by atoms with E-state index in [1.54, 1.807) is 24.9 Å². The SMILES string of the molecule is CC(O)CN(C)c1ncc(N)cc1C#N. The molecule has 0 aromatic carbocycles. The van der Waals surface area contributed by atoms with Crippen molar-refractivity contribution in [2.45, 2.75) is 13.0 Å². The molecule has 0 saturated carbocycles. The Bertz CT molecular complexity index is 383. The summed E-state index contributed by atoms with van der Waals surface area (Å²) in [4.78, 5) is 5.79. The van der Waals surface area contributed by atoms with Gasteiger partial charge in [0, 0.05) is 13.6 Å². The van der Waals surface area contributed by atoms with Crippen LogP contribution in [0.3, 0.4) is 0 Å². The molecule has 1 heterocycles. The first-order valence-corrected chi connectivity index (χ1v) is 4.59. The molecular weight excluding hydrogens is 192 g/mol. The maximum absolute atomic E-state index is 9.23. The highest BCUT2D eigenvalue weighted by molar-refractivity contribution is 5.58. The van der Waals surface area contributed by atoms with Crippen LogP contribution in [0, 0.1) is 11.3 Å². The van der Waals surface area contributed by atoms with Crippen LogP contribution < -0.4 is 10.6 Å². The van der Waals surface area contributed by atoms with Crippen molar-refractivity contribution >= 4 is 11.5 Å². The molecule has 0 aliphatic carbocycles. The van der Waals surface area contributed by atoms with Crippen LogP contribution in [0.5, 0.6) is 0 Å². The third kappa shape index (κ3) is 2.82. The van der Waals surface area contributed by atoms with Gasteiger partial charge in [-0.1, -0.05) is 0 Å². The van der Waals surface area contributed by atoms with Crippen LogP contribution in [-0.4, -0.2) is 29.8 Å². The molecular formula is C10H14N4O. The molecule has 0 fully saturated rings. The van der Waals surface area contributed by atoms with Crippen LogP contribution in [0.1, 0.15) is 12.5 Å². The lowest BCUT2D eigenvalue weighted by Crippen LogP contribution is -2.28. The Labute approximate surface area is 88.8 Å². The van der Waals surface area contributed by atoms with Crippen molar-refractivity contribution in [3.05, 3.63) is 17.8 Å². The smallest absolute Gasteiger partial charge is 0.146 e. The predicted octanol–water partition coefficient (Wildman–Crippen LogP) is 0.352. The summed E-state index contributed by atoms with van der Waals surface area (Å²) in [5.74, 6) is 0.535. The summed E-state index contributed by atoms with van der Waals surface area (Å²) in [5.41, 5.74) is 6.40. The fraction of sp³-hybridized carbons (Fsp3) is 0.400. The summed E-state index contributed by atoms with van der Waals surface area (Å²) in [6.07, 6.45) is 1.02. The summed E-state index contributed by atoms with van der Waals surface area (Å²) >= 11 is 0. The molecule has 15 heavy (non-hydrogen) atoms. The summed E-state index contributed by atoms with van der Waals surface area (Å²) in [6, 6.07) is 3.60. The van der Waals surface area contributed by atoms with Gasteiger partial charge in [-0.25, -0.2) is 4.98 Å². The van der Waals surface area contributed by atoms with E-state index in [4.69, 9.17) is 11.0 Å². The van der Waals surface area contributed by atoms with Gasteiger partial charge in [-0.15, -0.1) is 0 Å². The zero-order chi connectivity index (χ0) is 11.4. The van der Waals surface area contributed by atoms with Crippen molar-refractivity contribution in [1.29, 1.82) is 5.26 Å². The molecule has 0 bridgehead atoms. The van der Waals surface area contributed by atoms with E-state index >= 15 is 0 Å². The van der Waals surface area contributed by atoms with E-state index in [1.807, 2.05) is 6.07 Å². The number of aliphatic hydroxyl groups excluding tert-OH is 1. The Morgan fingerprint density at radius 3 is 2.93 bits per heavy atom. The number of anilines is 2. The van der Waals surface area contributed by atoms with Crippen LogP contribution in [0.2, 0.25) is 0 Å². The van der Waals surface area contributed by atoms with E-state index in [0.717, 1.165) is 0 Å². The van der Waals surface area contributed by atoms with E-state index in [-0.39, 0.29) is 0 Å². The first-order chi connectivity index (χ1) is 7.04.